The monoisotopic (exact) mass is 271 g/mol. The SMILES string of the molecule is c1cnc(N2CCCC3CCCC32)c(CNC2CC2)c1. The number of aromatic nitrogens is 1. The smallest absolute Gasteiger partial charge is 0.133 e. The summed E-state index contributed by atoms with van der Waals surface area (Å²) in [6, 6.07) is 5.88. The van der Waals surface area contributed by atoms with E-state index in [1.807, 2.05) is 6.20 Å². The zero-order valence-corrected chi connectivity index (χ0v) is 12.2. The van der Waals surface area contributed by atoms with Gasteiger partial charge in [-0.05, 0) is 50.5 Å². The Labute approximate surface area is 121 Å². The molecule has 3 heteroatoms. The van der Waals surface area contributed by atoms with Crippen LogP contribution in [0.15, 0.2) is 18.3 Å². The van der Waals surface area contributed by atoms with Gasteiger partial charge in [-0.1, -0.05) is 12.5 Å². The van der Waals surface area contributed by atoms with Crippen molar-refractivity contribution >= 4 is 5.82 Å². The van der Waals surface area contributed by atoms with Crippen molar-refractivity contribution in [2.24, 2.45) is 5.92 Å². The second-order valence-electron chi connectivity index (χ2n) is 6.74. The first-order chi connectivity index (χ1) is 9.92. The molecule has 0 amide bonds. The van der Waals surface area contributed by atoms with Crippen molar-refractivity contribution in [1.82, 2.24) is 10.3 Å². The Kier molecular flexibility index (Phi) is 3.39. The third kappa shape index (κ3) is 2.44. The molecular weight excluding hydrogens is 246 g/mol. The van der Waals surface area contributed by atoms with Crippen molar-refractivity contribution in [3.05, 3.63) is 23.9 Å². The van der Waals surface area contributed by atoms with Gasteiger partial charge in [-0.25, -0.2) is 4.98 Å². The van der Waals surface area contributed by atoms with Crippen LogP contribution in [0.25, 0.3) is 0 Å². The summed E-state index contributed by atoms with van der Waals surface area (Å²) in [4.78, 5) is 7.38. The summed E-state index contributed by atoms with van der Waals surface area (Å²) in [6.45, 7) is 2.19. The number of hydrogen-bond donors (Lipinski definition) is 1. The van der Waals surface area contributed by atoms with Crippen LogP contribution in [0.3, 0.4) is 0 Å². The summed E-state index contributed by atoms with van der Waals surface area (Å²) < 4.78 is 0. The molecule has 1 saturated heterocycles. The quantitative estimate of drug-likeness (QED) is 0.912. The molecule has 20 heavy (non-hydrogen) atoms. The van der Waals surface area contributed by atoms with Crippen molar-refractivity contribution in [3.8, 4) is 0 Å². The van der Waals surface area contributed by atoms with Gasteiger partial charge in [-0.2, -0.15) is 0 Å². The zero-order chi connectivity index (χ0) is 13.4. The average Bonchev–Trinajstić information content (AvgIpc) is 3.20. The summed E-state index contributed by atoms with van der Waals surface area (Å²) in [7, 11) is 0. The van der Waals surface area contributed by atoms with Crippen molar-refractivity contribution in [1.29, 1.82) is 0 Å². The van der Waals surface area contributed by atoms with E-state index in [1.54, 1.807) is 0 Å². The summed E-state index contributed by atoms with van der Waals surface area (Å²) >= 11 is 0. The van der Waals surface area contributed by atoms with Crippen LogP contribution in [0.1, 0.15) is 50.5 Å². The van der Waals surface area contributed by atoms with Gasteiger partial charge in [-0.15, -0.1) is 0 Å². The van der Waals surface area contributed by atoms with Crippen LogP contribution >= 0.6 is 0 Å². The molecule has 1 aromatic heterocycles. The molecule has 3 aliphatic rings. The van der Waals surface area contributed by atoms with E-state index >= 15 is 0 Å². The Morgan fingerprint density at radius 1 is 1.15 bits per heavy atom. The molecule has 2 atom stereocenters. The van der Waals surface area contributed by atoms with Gasteiger partial charge in [-0.3, -0.25) is 0 Å². The number of nitrogens with one attached hydrogen (secondary N) is 1. The first-order valence-electron chi connectivity index (χ1n) is 8.36. The molecule has 0 spiro atoms. The van der Waals surface area contributed by atoms with Crippen molar-refractivity contribution < 1.29 is 0 Å². The number of anilines is 1. The lowest BCUT2D eigenvalue weighted by Gasteiger charge is -2.39. The third-order valence-electron chi connectivity index (χ3n) is 5.29. The number of rotatable bonds is 4. The molecular formula is C17H25N3. The minimum atomic E-state index is 0.762. The Balaban J connectivity index is 1.56. The number of piperidine rings is 1. The summed E-state index contributed by atoms with van der Waals surface area (Å²) in [6.07, 6.45) is 11.7. The molecule has 1 aromatic rings. The molecule has 3 fully saturated rings. The number of pyridine rings is 1. The highest BCUT2D eigenvalue weighted by molar-refractivity contribution is 5.48. The topological polar surface area (TPSA) is 28.2 Å². The molecule has 2 unspecified atom stereocenters. The molecule has 1 aliphatic heterocycles. The highest BCUT2D eigenvalue weighted by atomic mass is 15.2. The van der Waals surface area contributed by atoms with Crippen LogP contribution in [-0.2, 0) is 6.54 Å². The largest absolute Gasteiger partial charge is 0.353 e. The van der Waals surface area contributed by atoms with Crippen molar-refractivity contribution in [2.75, 3.05) is 11.4 Å². The van der Waals surface area contributed by atoms with Gasteiger partial charge in [0, 0.05) is 36.9 Å². The van der Waals surface area contributed by atoms with E-state index in [9.17, 15) is 0 Å². The zero-order valence-electron chi connectivity index (χ0n) is 12.2. The van der Waals surface area contributed by atoms with Crippen LogP contribution in [0.2, 0.25) is 0 Å². The van der Waals surface area contributed by atoms with E-state index in [0.29, 0.717) is 0 Å². The highest BCUT2D eigenvalue weighted by Crippen LogP contribution is 2.39. The van der Waals surface area contributed by atoms with Crippen molar-refractivity contribution in [2.45, 2.75) is 63.6 Å². The maximum absolute atomic E-state index is 4.75. The van der Waals surface area contributed by atoms with E-state index in [-0.39, 0.29) is 0 Å². The standard InChI is InChI=1S/C17H25N3/c1-4-13-6-3-11-20(16(13)7-1)17-14(5-2-10-18-17)12-19-15-8-9-15/h2,5,10,13,15-16,19H,1,3-4,6-9,11-12H2. The lowest BCUT2D eigenvalue weighted by atomic mass is 9.91. The second-order valence-corrected chi connectivity index (χ2v) is 6.74. The summed E-state index contributed by atoms with van der Waals surface area (Å²) in [5.74, 6) is 2.19. The van der Waals surface area contributed by atoms with Gasteiger partial charge in [0.15, 0.2) is 0 Å². The van der Waals surface area contributed by atoms with Gasteiger partial charge in [0.2, 0.25) is 0 Å². The fraction of sp³-hybridized carbons (Fsp3) is 0.706. The number of hydrogen-bond acceptors (Lipinski definition) is 3. The Hall–Kier alpha value is -1.09. The van der Waals surface area contributed by atoms with E-state index < -0.39 is 0 Å². The lowest BCUT2D eigenvalue weighted by Crippen LogP contribution is -2.43. The predicted octanol–water partition coefficient (Wildman–Crippen LogP) is 3.10. The van der Waals surface area contributed by atoms with Crippen LogP contribution in [-0.4, -0.2) is 23.6 Å². The molecule has 0 aromatic carbocycles. The first-order valence-corrected chi connectivity index (χ1v) is 8.36. The molecule has 2 saturated carbocycles. The van der Waals surface area contributed by atoms with Crippen LogP contribution in [0.4, 0.5) is 5.82 Å². The molecule has 0 bridgehead atoms. The Bertz CT molecular complexity index is 469. The van der Waals surface area contributed by atoms with Crippen LogP contribution in [0.5, 0.6) is 0 Å². The fourth-order valence-electron chi connectivity index (χ4n) is 4.09. The Morgan fingerprint density at radius 2 is 2.05 bits per heavy atom. The van der Waals surface area contributed by atoms with Gasteiger partial charge in [0.25, 0.3) is 0 Å². The third-order valence-corrected chi connectivity index (χ3v) is 5.29. The summed E-state index contributed by atoms with van der Waals surface area (Å²) in [5.41, 5.74) is 1.40. The van der Waals surface area contributed by atoms with E-state index in [0.717, 1.165) is 24.5 Å². The fourth-order valence-corrected chi connectivity index (χ4v) is 4.09. The number of nitrogens with zero attached hydrogens (tertiary/aromatic N) is 2. The number of fused-ring (bicyclic) bond motifs is 1. The van der Waals surface area contributed by atoms with Gasteiger partial charge in [0.1, 0.15) is 5.82 Å². The molecule has 2 aliphatic carbocycles. The minimum absolute atomic E-state index is 0.762. The first kappa shape index (κ1) is 12.6. The van der Waals surface area contributed by atoms with Crippen molar-refractivity contribution in [3.63, 3.8) is 0 Å². The predicted molar refractivity (Wildman–Crippen MR) is 81.8 cm³/mol. The summed E-state index contributed by atoms with van der Waals surface area (Å²) in [5, 5.41) is 3.65. The molecule has 2 heterocycles. The molecule has 108 valence electrons. The minimum Gasteiger partial charge on any atom is -0.353 e. The van der Waals surface area contributed by atoms with Crippen LogP contribution < -0.4 is 10.2 Å². The average molecular weight is 271 g/mol. The Morgan fingerprint density at radius 3 is 2.95 bits per heavy atom. The van der Waals surface area contributed by atoms with Gasteiger partial charge < -0.3 is 10.2 Å². The normalized spacial score (nSPS) is 29.5. The molecule has 0 radical (unpaired) electrons. The maximum Gasteiger partial charge on any atom is 0.133 e. The van der Waals surface area contributed by atoms with E-state index in [4.69, 9.17) is 4.98 Å². The highest BCUT2D eigenvalue weighted by Gasteiger charge is 2.36. The lowest BCUT2D eigenvalue weighted by molar-refractivity contribution is 0.360. The molecule has 1 N–H and O–H groups in total. The van der Waals surface area contributed by atoms with E-state index in [2.05, 4.69) is 22.3 Å². The van der Waals surface area contributed by atoms with E-state index in [1.165, 1.54) is 62.9 Å². The maximum atomic E-state index is 4.75. The van der Waals surface area contributed by atoms with Gasteiger partial charge in [0.05, 0.1) is 0 Å². The molecule has 3 nitrogen and oxygen atoms in total. The van der Waals surface area contributed by atoms with Gasteiger partial charge >= 0.3 is 0 Å². The van der Waals surface area contributed by atoms with Crippen LogP contribution in [0, 0.1) is 5.92 Å². The molecule has 4 rings (SSSR count). The second kappa shape index (κ2) is 5.36.